The van der Waals surface area contributed by atoms with Gasteiger partial charge in [-0.1, -0.05) is 12.1 Å². The number of ether oxygens (including phenoxy) is 1. The molecule has 2 aromatic heterocycles. The summed E-state index contributed by atoms with van der Waals surface area (Å²) in [5.74, 6) is 0.782. The van der Waals surface area contributed by atoms with Crippen LogP contribution in [0.3, 0.4) is 0 Å². The molecule has 0 saturated heterocycles. The molecule has 2 heterocycles. The number of aromatic nitrogens is 2. The number of nitrogens with zero attached hydrogens (tertiary/aromatic N) is 2. The van der Waals surface area contributed by atoms with Crippen molar-refractivity contribution in [1.29, 1.82) is 0 Å². The Bertz CT molecular complexity index is 734. The van der Waals surface area contributed by atoms with Crippen LogP contribution in [-0.2, 0) is 19.7 Å². The topological polar surface area (TPSA) is 53.1 Å². The lowest BCUT2D eigenvalue weighted by Gasteiger charge is -2.09. The van der Waals surface area contributed by atoms with E-state index in [0.29, 0.717) is 13.2 Å². The molecule has 0 spiro atoms. The minimum absolute atomic E-state index is 0.526. The molecule has 0 radical (unpaired) electrons. The predicted molar refractivity (Wildman–Crippen MR) is 84.1 cm³/mol. The molecule has 0 aliphatic carbocycles. The number of hydrogen-bond acceptors (Lipinski definition) is 3. The number of pyridine rings is 1. The standard InChI is InChI=1S/C17H19N3O/c1-2-20-14(12-21-15-6-4-8-19-11-15)9-16-13(10-18)5-3-7-17(16)20/h3-9,11H,2,10,12,18H2,1H3. The first kappa shape index (κ1) is 13.6. The molecule has 4 heteroatoms. The summed E-state index contributed by atoms with van der Waals surface area (Å²) in [5, 5.41) is 1.21. The third-order valence-electron chi connectivity index (χ3n) is 3.68. The Hall–Kier alpha value is -2.33. The summed E-state index contributed by atoms with van der Waals surface area (Å²) >= 11 is 0. The predicted octanol–water partition coefficient (Wildman–Crippen LogP) is 3.09. The normalized spacial score (nSPS) is 11.0. The first-order valence-corrected chi connectivity index (χ1v) is 7.16. The fourth-order valence-electron chi connectivity index (χ4n) is 2.66. The maximum absolute atomic E-state index is 5.83. The van der Waals surface area contributed by atoms with E-state index >= 15 is 0 Å². The zero-order valence-corrected chi connectivity index (χ0v) is 12.1. The highest BCUT2D eigenvalue weighted by Gasteiger charge is 2.10. The molecule has 0 fully saturated rings. The SMILES string of the molecule is CCn1c(COc2cccnc2)cc2c(CN)cccc21. The van der Waals surface area contributed by atoms with Gasteiger partial charge >= 0.3 is 0 Å². The van der Waals surface area contributed by atoms with Crippen LogP contribution in [0.2, 0.25) is 0 Å². The van der Waals surface area contributed by atoms with Gasteiger partial charge in [-0.2, -0.15) is 0 Å². The first-order valence-electron chi connectivity index (χ1n) is 7.16. The van der Waals surface area contributed by atoms with Gasteiger partial charge in [-0.15, -0.1) is 0 Å². The smallest absolute Gasteiger partial charge is 0.138 e. The molecule has 0 saturated carbocycles. The van der Waals surface area contributed by atoms with E-state index in [1.807, 2.05) is 12.1 Å². The van der Waals surface area contributed by atoms with Crippen molar-refractivity contribution in [2.75, 3.05) is 0 Å². The fourth-order valence-corrected chi connectivity index (χ4v) is 2.66. The van der Waals surface area contributed by atoms with Gasteiger partial charge in [0.2, 0.25) is 0 Å². The van der Waals surface area contributed by atoms with Crippen LogP contribution in [0.4, 0.5) is 0 Å². The Morgan fingerprint density at radius 1 is 1.24 bits per heavy atom. The van der Waals surface area contributed by atoms with Crippen LogP contribution in [0.25, 0.3) is 10.9 Å². The fraction of sp³-hybridized carbons (Fsp3) is 0.235. The van der Waals surface area contributed by atoms with E-state index in [9.17, 15) is 0 Å². The minimum atomic E-state index is 0.526. The van der Waals surface area contributed by atoms with Crippen molar-refractivity contribution in [2.45, 2.75) is 26.6 Å². The Labute approximate surface area is 124 Å². The number of fused-ring (bicyclic) bond motifs is 1. The Balaban J connectivity index is 1.94. The lowest BCUT2D eigenvalue weighted by atomic mass is 10.1. The summed E-state index contributed by atoms with van der Waals surface area (Å²) in [4.78, 5) is 4.06. The number of hydrogen-bond donors (Lipinski definition) is 1. The quantitative estimate of drug-likeness (QED) is 0.782. The minimum Gasteiger partial charge on any atom is -0.486 e. The summed E-state index contributed by atoms with van der Waals surface area (Å²) in [6, 6.07) is 12.2. The van der Waals surface area contributed by atoms with Gasteiger partial charge < -0.3 is 15.0 Å². The lowest BCUT2D eigenvalue weighted by molar-refractivity contribution is 0.295. The van der Waals surface area contributed by atoms with E-state index < -0.39 is 0 Å². The molecule has 4 nitrogen and oxygen atoms in total. The zero-order valence-electron chi connectivity index (χ0n) is 12.1. The van der Waals surface area contributed by atoms with Crippen molar-refractivity contribution < 1.29 is 4.74 Å². The summed E-state index contributed by atoms with van der Waals surface area (Å²) < 4.78 is 8.09. The lowest BCUT2D eigenvalue weighted by Crippen LogP contribution is -2.04. The van der Waals surface area contributed by atoms with Gasteiger partial charge in [0, 0.05) is 30.2 Å². The van der Waals surface area contributed by atoms with E-state index in [0.717, 1.165) is 18.0 Å². The molecule has 21 heavy (non-hydrogen) atoms. The third kappa shape index (κ3) is 2.62. The molecule has 0 aliphatic rings. The van der Waals surface area contributed by atoms with Crippen molar-refractivity contribution in [3.05, 3.63) is 60.0 Å². The molecule has 3 aromatic rings. The Morgan fingerprint density at radius 2 is 2.14 bits per heavy atom. The Morgan fingerprint density at radius 3 is 2.86 bits per heavy atom. The highest BCUT2D eigenvalue weighted by molar-refractivity contribution is 5.84. The van der Waals surface area contributed by atoms with Crippen LogP contribution in [0, 0.1) is 0 Å². The molecule has 0 bridgehead atoms. The molecule has 1 aromatic carbocycles. The van der Waals surface area contributed by atoms with Crippen LogP contribution < -0.4 is 10.5 Å². The molecular formula is C17H19N3O. The highest BCUT2D eigenvalue weighted by Crippen LogP contribution is 2.24. The van der Waals surface area contributed by atoms with Crippen molar-refractivity contribution in [3.63, 3.8) is 0 Å². The largest absolute Gasteiger partial charge is 0.486 e. The van der Waals surface area contributed by atoms with E-state index in [1.165, 1.54) is 16.5 Å². The summed E-state index contributed by atoms with van der Waals surface area (Å²) in [5.41, 5.74) is 9.37. The number of rotatable bonds is 5. The summed E-state index contributed by atoms with van der Waals surface area (Å²) in [6.45, 7) is 4.12. The van der Waals surface area contributed by atoms with E-state index in [2.05, 4.69) is 40.7 Å². The van der Waals surface area contributed by atoms with Gasteiger partial charge in [0.25, 0.3) is 0 Å². The van der Waals surface area contributed by atoms with Crippen LogP contribution in [0.5, 0.6) is 5.75 Å². The summed E-state index contributed by atoms with van der Waals surface area (Å²) in [6.07, 6.45) is 3.47. The highest BCUT2D eigenvalue weighted by atomic mass is 16.5. The molecule has 0 amide bonds. The van der Waals surface area contributed by atoms with Gasteiger partial charge in [0.05, 0.1) is 11.9 Å². The van der Waals surface area contributed by atoms with Crippen LogP contribution in [0.15, 0.2) is 48.8 Å². The first-order chi connectivity index (χ1) is 10.3. The van der Waals surface area contributed by atoms with Gasteiger partial charge in [0.15, 0.2) is 0 Å². The summed E-state index contributed by atoms with van der Waals surface area (Å²) in [7, 11) is 0. The maximum Gasteiger partial charge on any atom is 0.138 e. The van der Waals surface area contributed by atoms with E-state index in [1.54, 1.807) is 12.4 Å². The van der Waals surface area contributed by atoms with Gasteiger partial charge in [0.1, 0.15) is 12.4 Å². The van der Waals surface area contributed by atoms with Crippen LogP contribution in [0.1, 0.15) is 18.2 Å². The van der Waals surface area contributed by atoms with E-state index in [4.69, 9.17) is 10.5 Å². The van der Waals surface area contributed by atoms with Crippen molar-refractivity contribution in [3.8, 4) is 5.75 Å². The number of benzene rings is 1. The molecule has 2 N–H and O–H groups in total. The molecule has 0 atom stereocenters. The number of aryl methyl sites for hydroxylation is 1. The van der Waals surface area contributed by atoms with Gasteiger partial charge in [-0.05, 0) is 36.8 Å². The maximum atomic E-state index is 5.83. The second-order valence-corrected chi connectivity index (χ2v) is 4.91. The second kappa shape index (κ2) is 5.97. The van der Waals surface area contributed by atoms with Gasteiger partial charge in [-0.3, -0.25) is 4.98 Å². The van der Waals surface area contributed by atoms with Crippen LogP contribution in [-0.4, -0.2) is 9.55 Å². The molecule has 0 aliphatic heterocycles. The molecule has 3 rings (SSSR count). The average molecular weight is 281 g/mol. The Kier molecular flexibility index (Phi) is 3.88. The van der Waals surface area contributed by atoms with Crippen molar-refractivity contribution in [2.24, 2.45) is 5.73 Å². The van der Waals surface area contributed by atoms with Crippen LogP contribution >= 0.6 is 0 Å². The number of nitrogens with two attached hydrogens (primary N) is 1. The molecule has 108 valence electrons. The second-order valence-electron chi connectivity index (χ2n) is 4.91. The average Bonchev–Trinajstić information content (AvgIpc) is 2.91. The van der Waals surface area contributed by atoms with Crippen molar-refractivity contribution in [1.82, 2.24) is 9.55 Å². The van der Waals surface area contributed by atoms with E-state index in [-0.39, 0.29) is 0 Å². The van der Waals surface area contributed by atoms with Gasteiger partial charge in [-0.25, -0.2) is 0 Å². The molecular weight excluding hydrogens is 262 g/mol. The monoisotopic (exact) mass is 281 g/mol. The van der Waals surface area contributed by atoms with Crippen molar-refractivity contribution >= 4 is 10.9 Å². The molecule has 0 unspecified atom stereocenters. The zero-order chi connectivity index (χ0) is 14.7. The third-order valence-corrected chi connectivity index (χ3v) is 3.68.